The number of aromatic nitrogens is 2. The molecule has 0 radical (unpaired) electrons. The average Bonchev–Trinajstić information content (AvgIpc) is 3.17. The maximum atomic E-state index is 13.4. The van der Waals surface area contributed by atoms with Crippen LogP contribution in [0.1, 0.15) is 49.4 Å². The van der Waals surface area contributed by atoms with Crippen molar-refractivity contribution in [2.24, 2.45) is 0 Å². The molecule has 33 heavy (non-hydrogen) atoms. The molecule has 3 aromatic rings. The zero-order valence-electron chi connectivity index (χ0n) is 18.5. The van der Waals surface area contributed by atoms with Crippen molar-refractivity contribution < 1.29 is 19.4 Å². The van der Waals surface area contributed by atoms with Gasteiger partial charge < -0.3 is 19.1 Å². The van der Waals surface area contributed by atoms with E-state index >= 15 is 0 Å². The predicted octanol–water partition coefficient (Wildman–Crippen LogP) is 3.94. The quantitative estimate of drug-likeness (QED) is 0.461. The zero-order chi connectivity index (χ0) is 23.1. The minimum atomic E-state index is -1.83. The Balaban J connectivity index is 1.62. The molecule has 7 nitrogen and oxygen atoms in total. The monoisotopic (exact) mass is 462 g/mol. The number of hydrogen-bond acceptors (Lipinski definition) is 7. The van der Waals surface area contributed by atoms with E-state index < -0.39 is 11.6 Å². The lowest BCUT2D eigenvalue weighted by molar-refractivity contribution is -0.172. The summed E-state index contributed by atoms with van der Waals surface area (Å²) in [6.45, 7) is 5.94. The van der Waals surface area contributed by atoms with Crippen LogP contribution >= 0.6 is 11.8 Å². The second kappa shape index (κ2) is 6.95. The van der Waals surface area contributed by atoms with Crippen LogP contribution in [0.2, 0.25) is 0 Å². The third-order valence-electron chi connectivity index (χ3n) is 6.60. The average molecular weight is 463 g/mol. The predicted molar refractivity (Wildman–Crippen MR) is 125 cm³/mol. The van der Waals surface area contributed by atoms with Crippen LogP contribution in [0.15, 0.2) is 33.3 Å². The van der Waals surface area contributed by atoms with Crippen LogP contribution in [-0.2, 0) is 28.3 Å². The van der Waals surface area contributed by atoms with Crippen LogP contribution in [-0.4, -0.2) is 26.7 Å². The van der Waals surface area contributed by atoms with E-state index in [2.05, 4.69) is 6.08 Å². The van der Waals surface area contributed by atoms with Gasteiger partial charge in [0.2, 0.25) is 0 Å². The molecule has 0 spiro atoms. The van der Waals surface area contributed by atoms with Gasteiger partial charge in [0.25, 0.3) is 5.56 Å². The molecule has 0 bridgehead atoms. The van der Waals surface area contributed by atoms with Crippen LogP contribution in [0, 0.1) is 0 Å². The maximum Gasteiger partial charge on any atom is 0.343 e. The Bertz CT molecular complexity index is 1470. The number of fused-ring (bicyclic) bond motifs is 5. The summed E-state index contributed by atoms with van der Waals surface area (Å²) in [4.78, 5) is 31.8. The molecular weight excluding hydrogens is 440 g/mol. The lowest BCUT2D eigenvalue weighted by Gasteiger charge is -2.31. The van der Waals surface area contributed by atoms with Gasteiger partial charge in [-0.25, -0.2) is 9.78 Å². The van der Waals surface area contributed by atoms with Gasteiger partial charge in [-0.2, -0.15) is 0 Å². The SMILES string of the molecule is CC[C@@]1(O)C(=O)OCc2c1cc1n(c2=O)Cc2c-1nc1ccc(OC(C)C)c3c1c2C=CS3. The summed E-state index contributed by atoms with van der Waals surface area (Å²) in [5.74, 6) is 0.102. The molecular formula is C25H22N2O5S. The molecule has 1 aromatic carbocycles. The molecule has 0 amide bonds. The number of aliphatic hydroxyl groups is 1. The fourth-order valence-electron chi connectivity index (χ4n) is 4.97. The van der Waals surface area contributed by atoms with Gasteiger partial charge in [-0.15, -0.1) is 0 Å². The van der Waals surface area contributed by atoms with Gasteiger partial charge in [0.05, 0.1) is 40.0 Å². The molecule has 5 heterocycles. The van der Waals surface area contributed by atoms with Crippen molar-refractivity contribution in [3.63, 3.8) is 0 Å². The molecule has 3 aliphatic rings. The van der Waals surface area contributed by atoms with Crippen molar-refractivity contribution in [3.05, 3.63) is 56.2 Å². The van der Waals surface area contributed by atoms with E-state index in [0.717, 1.165) is 32.7 Å². The van der Waals surface area contributed by atoms with Crippen molar-refractivity contribution in [1.29, 1.82) is 0 Å². The summed E-state index contributed by atoms with van der Waals surface area (Å²) in [6.07, 6.45) is 2.23. The van der Waals surface area contributed by atoms with Gasteiger partial charge in [0, 0.05) is 16.5 Å². The van der Waals surface area contributed by atoms with E-state index in [-0.39, 0.29) is 24.7 Å². The molecule has 1 N–H and O–H groups in total. The lowest BCUT2D eigenvalue weighted by atomic mass is 9.86. The Morgan fingerprint density at radius 2 is 2.12 bits per heavy atom. The number of carbonyl (C=O) groups is 1. The van der Waals surface area contributed by atoms with Crippen LogP contribution in [0.4, 0.5) is 0 Å². The number of benzene rings is 1. The van der Waals surface area contributed by atoms with Crippen molar-refractivity contribution in [3.8, 4) is 17.1 Å². The Morgan fingerprint density at radius 1 is 1.30 bits per heavy atom. The molecule has 0 aliphatic carbocycles. The summed E-state index contributed by atoms with van der Waals surface area (Å²) in [7, 11) is 0. The second-order valence-corrected chi connectivity index (χ2v) is 9.75. The number of pyridine rings is 2. The summed E-state index contributed by atoms with van der Waals surface area (Å²) in [5, 5.41) is 14.1. The molecule has 8 heteroatoms. The largest absolute Gasteiger partial charge is 0.490 e. The molecule has 0 fully saturated rings. The molecule has 0 saturated carbocycles. The van der Waals surface area contributed by atoms with E-state index in [9.17, 15) is 14.7 Å². The zero-order valence-corrected chi connectivity index (χ0v) is 19.3. The highest BCUT2D eigenvalue weighted by molar-refractivity contribution is 8.02. The Hall–Kier alpha value is -3.10. The Labute approximate surface area is 194 Å². The van der Waals surface area contributed by atoms with E-state index in [4.69, 9.17) is 14.5 Å². The molecule has 3 aliphatic heterocycles. The highest BCUT2D eigenvalue weighted by Crippen LogP contribution is 2.47. The van der Waals surface area contributed by atoms with Gasteiger partial charge in [-0.3, -0.25) is 4.79 Å². The van der Waals surface area contributed by atoms with Gasteiger partial charge >= 0.3 is 5.97 Å². The maximum absolute atomic E-state index is 13.4. The van der Waals surface area contributed by atoms with Gasteiger partial charge in [-0.05, 0) is 55.5 Å². The second-order valence-electron chi connectivity index (χ2n) is 8.83. The number of nitrogens with zero attached hydrogens (tertiary/aromatic N) is 2. The van der Waals surface area contributed by atoms with E-state index in [1.807, 2.05) is 31.4 Å². The first-order valence-corrected chi connectivity index (χ1v) is 11.9. The molecule has 0 unspecified atom stereocenters. The molecule has 1 atom stereocenters. The van der Waals surface area contributed by atoms with Crippen LogP contribution in [0.25, 0.3) is 28.4 Å². The molecule has 6 rings (SSSR count). The highest BCUT2D eigenvalue weighted by atomic mass is 32.2. The number of ether oxygens (including phenoxy) is 2. The Kier molecular flexibility index (Phi) is 4.32. The van der Waals surface area contributed by atoms with Gasteiger partial charge in [0.15, 0.2) is 5.60 Å². The van der Waals surface area contributed by atoms with Crippen LogP contribution in [0.3, 0.4) is 0 Å². The van der Waals surface area contributed by atoms with Crippen molar-refractivity contribution in [1.82, 2.24) is 9.55 Å². The normalized spacial score (nSPS) is 20.0. The highest BCUT2D eigenvalue weighted by Gasteiger charge is 2.45. The standard InChI is InChI=1S/C25H22N2O5S/c1-4-25(30)16-9-18-21-14(10-27(18)23(28)15(16)11-31-24(25)29)13-7-8-33-22-19(32-12(2)3)6-5-17(26-21)20(13)22/h5-9,12,30H,4,10-11H2,1-3H3/t25-/m0/s1. The van der Waals surface area contributed by atoms with Gasteiger partial charge in [0.1, 0.15) is 12.4 Å². The molecule has 0 saturated heterocycles. The number of hydrogen-bond donors (Lipinski definition) is 1. The first-order chi connectivity index (χ1) is 15.8. The molecule has 168 valence electrons. The first kappa shape index (κ1) is 20.5. The smallest absolute Gasteiger partial charge is 0.343 e. The van der Waals surface area contributed by atoms with Crippen molar-refractivity contribution in [2.75, 3.05) is 0 Å². The number of esters is 1. The topological polar surface area (TPSA) is 90.7 Å². The minimum Gasteiger partial charge on any atom is -0.490 e. The summed E-state index contributed by atoms with van der Waals surface area (Å²) in [5.41, 5.74) is 2.68. The number of cyclic esters (lactones) is 1. The Morgan fingerprint density at radius 3 is 2.88 bits per heavy atom. The summed E-state index contributed by atoms with van der Waals surface area (Å²) >= 11 is 1.60. The first-order valence-electron chi connectivity index (χ1n) is 11.0. The third kappa shape index (κ3) is 2.71. The lowest BCUT2D eigenvalue weighted by Crippen LogP contribution is -2.44. The van der Waals surface area contributed by atoms with Gasteiger partial charge in [-0.1, -0.05) is 18.7 Å². The van der Waals surface area contributed by atoms with Crippen LogP contribution < -0.4 is 10.3 Å². The summed E-state index contributed by atoms with van der Waals surface area (Å²) < 4.78 is 12.9. The van der Waals surface area contributed by atoms with Crippen molar-refractivity contribution in [2.45, 2.75) is 56.9 Å². The number of thioether (sulfide) groups is 1. The number of carbonyl (C=O) groups excluding carboxylic acids is 1. The van der Waals surface area contributed by atoms with E-state index in [1.165, 1.54) is 0 Å². The fraction of sp³-hybridized carbons (Fsp3) is 0.320. The van der Waals surface area contributed by atoms with Crippen LogP contribution in [0.5, 0.6) is 5.75 Å². The number of rotatable bonds is 3. The minimum absolute atomic E-state index is 0.0486. The van der Waals surface area contributed by atoms with E-state index in [1.54, 1.807) is 29.3 Å². The summed E-state index contributed by atoms with van der Waals surface area (Å²) in [6, 6.07) is 5.63. The third-order valence-corrected chi connectivity index (χ3v) is 7.51. The fourth-order valence-corrected chi connectivity index (χ4v) is 5.88. The van der Waals surface area contributed by atoms with E-state index in [0.29, 0.717) is 29.1 Å². The molecule has 2 aromatic heterocycles. The van der Waals surface area contributed by atoms with Crippen molar-refractivity contribution >= 4 is 34.7 Å².